The monoisotopic (exact) mass is 365 g/mol. The molecule has 1 fully saturated rings. The lowest BCUT2D eigenvalue weighted by Gasteiger charge is -2.45. The number of hydrogen-bond acceptors (Lipinski definition) is 2. The molecule has 0 bridgehead atoms. The van der Waals surface area contributed by atoms with Gasteiger partial charge in [0.15, 0.2) is 0 Å². The van der Waals surface area contributed by atoms with Gasteiger partial charge in [-0.15, -0.1) is 0 Å². The summed E-state index contributed by atoms with van der Waals surface area (Å²) in [5.41, 5.74) is 3.96. The van der Waals surface area contributed by atoms with Crippen LogP contribution < -0.4 is 0 Å². The Morgan fingerprint density at radius 2 is 1.96 bits per heavy atom. The number of aryl methyl sites for hydroxylation is 1. The van der Waals surface area contributed by atoms with Gasteiger partial charge in [-0.2, -0.15) is 0 Å². The number of aliphatic carboxylic acids is 1. The highest BCUT2D eigenvalue weighted by atomic mass is 16.4. The molecular formula is C24H31NO2. The molecule has 1 aliphatic rings. The standard InChI is InChI=1S/C24H31NO2/c1-18-8-7-11-22(14-18)24(3)12-13-25(16-19(24)2)17-21(23(26)27)15-20-9-5-4-6-10-20/h4-11,14,19,21H,12-13,15-17H2,1-3H3,(H,26,27). The van der Waals surface area contributed by atoms with Crippen molar-refractivity contribution in [3.63, 3.8) is 0 Å². The predicted octanol–water partition coefficient (Wildman–Crippen LogP) is 4.54. The van der Waals surface area contributed by atoms with Gasteiger partial charge in [0.2, 0.25) is 0 Å². The molecule has 27 heavy (non-hydrogen) atoms. The summed E-state index contributed by atoms with van der Waals surface area (Å²) in [6.45, 7) is 9.34. The van der Waals surface area contributed by atoms with Gasteiger partial charge >= 0.3 is 5.97 Å². The molecule has 0 aromatic heterocycles. The Morgan fingerprint density at radius 3 is 2.59 bits per heavy atom. The lowest BCUT2D eigenvalue weighted by atomic mass is 9.67. The molecule has 3 unspecified atom stereocenters. The fourth-order valence-corrected chi connectivity index (χ4v) is 4.35. The summed E-state index contributed by atoms with van der Waals surface area (Å²) < 4.78 is 0. The minimum Gasteiger partial charge on any atom is -0.481 e. The molecule has 0 aliphatic carbocycles. The van der Waals surface area contributed by atoms with Crippen molar-refractivity contribution in [2.75, 3.05) is 19.6 Å². The van der Waals surface area contributed by atoms with E-state index in [0.29, 0.717) is 18.9 Å². The van der Waals surface area contributed by atoms with Gasteiger partial charge in [-0.25, -0.2) is 0 Å². The van der Waals surface area contributed by atoms with Gasteiger partial charge in [0.25, 0.3) is 0 Å². The molecule has 1 heterocycles. The van der Waals surface area contributed by atoms with E-state index < -0.39 is 5.97 Å². The number of rotatable bonds is 6. The lowest BCUT2D eigenvalue weighted by Crippen LogP contribution is -2.49. The van der Waals surface area contributed by atoms with Gasteiger partial charge in [-0.3, -0.25) is 4.79 Å². The first kappa shape index (κ1) is 19.6. The van der Waals surface area contributed by atoms with Gasteiger partial charge in [-0.05, 0) is 48.8 Å². The summed E-state index contributed by atoms with van der Waals surface area (Å²) in [5.74, 6) is -0.569. The molecule has 2 aromatic carbocycles. The number of nitrogens with zero attached hydrogens (tertiary/aromatic N) is 1. The third kappa shape index (κ3) is 4.59. The van der Waals surface area contributed by atoms with E-state index in [-0.39, 0.29) is 11.3 Å². The molecule has 2 aromatic rings. The van der Waals surface area contributed by atoms with E-state index in [1.807, 2.05) is 30.3 Å². The number of likely N-dealkylation sites (tertiary alicyclic amines) is 1. The van der Waals surface area contributed by atoms with Crippen LogP contribution in [0.5, 0.6) is 0 Å². The molecule has 144 valence electrons. The topological polar surface area (TPSA) is 40.5 Å². The zero-order valence-electron chi connectivity index (χ0n) is 16.7. The quantitative estimate of drug-likeness (QED) is 0.817. The van der Waals surface area contributed by atoms with Crippen LogP contribution in [-0.2, 0) is 16.6 Å². The molecule has 1 aliphatic heterocycles. The molecular weight excluding hydrogens is 334 g/mol. The van der Waals surface area contributed by atoms with Gasteiger partial charge < -0.3 is 10.0 Å². The van der Waals surface area contributed by atoms with Crippen molar-refractivity contribution in [2.45, 2.75) is 39.0 Å². The van der Waals surface area contributed by atoms with Crippen LogP contribution in [0.1, 0.15) is 37.0 Å². The fourth-order valence-electron chi connectivity index (χ4n) is 4.35. The normalized spacial score (nSPS) is 24.5. The number of benzene rings is 2. The minimum absolute atomic E-state index is 0.153. The Bertz CT molecular complexity index is 773. The Kier molecular flexibility index (Phi) is 6.01. The maximum absolute atomic E-state index is 11.8. The van der Waals surface area contributed by atoms with E-state index in [2.05, 4.69) is 49.9 Å². The molecule has 3 atom stereocenters. The first-order valence-electron chi connectivity index (χ1n) is 9.95. The summed E-state index contributed by atoms with van der Waals surface area (Å²) in [5, 5.41) is 9.72. The van der Waals surface area contributed by atoms with E-state index in [1.165, 1.54) is 11.1 Å². The largest absolute Gasteiger partial charge is 0.481 e. The van der Waals surface area contributed by atoms with Crippen LogP contribution in [0.3, 0.4) is 0 Å². The smallest absolute Gasteiger partial charge is 0.308 e. The number of piperidine rings is 1. The van der Waals surface area contributed by atoms with Crippen LogP contribution in [0.25, 0.3) is 0 Å². The highest BCUT2D eigenvalue weighted by Crippen LogP contribution is 2.39. The first-order valence-corrected chi connectivity index (χ1v) is 9.95. The van der Waals surface area contributed by atoms with Crippen LogP contribution in [0.15, 0.2) is 54.6 Å². The maximum Gasteiger partial charge on any atom is 0.308 e. The summed E-state index contributed by atoms with van der Waals surface area (Å²) >= 11 is 0. The van der Waals surface area contributed by atoms with Crippen LogP contribution in [0, 0.1) is 18.8 Å². The van der Waals surface area contributed by atoms with Gasteiger partial charge in [0.1, 0.15) is 0 Å². The average molecular weight is 366 g/mol. The van der Waals surface area contributed by atoms with Crippen LogP contribution in [-0.4, -0.2) is 35.6 Å². The first-order chi connectivity index (χ1) is 12.9. The summed E-state index contributed by atoms with van der Waals surface area (Å²) in [7, 11) is 0. The zero-order chi connectivity index (χ0) is 19.4. The van der Waals surface area contributed by atoms with Crippen molar-refractivity contribution >= 4 is 5.97 Å². The molecule has 0 spiro atoms. The summed E-state index contributed by atoms with van der Waals surface area (Å²) in [6, 6.07) is 18.8. The number of carboxylic acids is 1. The van der Waals surface area contributed by atoms with Gasteiger partial charge in [0.05, 0.1) is 5.92 Å². The molecule has 3 nitrogen and oxygen atoms in total. The van der Waals surface area contributed by atoms with Crippen molar-refractivity contribution in [2.24, 2.45) is 11.8 Å². The van der Waals surface area contributed by atoms with Crippen molar-refractivity contribution in [1.82, 2.24) is 4.90 Å². The molecule has 0 saturated carbocycles. The zero-order valence-corrected chi connectivity index (χ0v) is 16.7. The molecule has 0 radical (unpaired) electrons. The SMILES string of the molecule is Cc1cccc(C2(C)CCN(CC(Cc3ccccc3)C(=O)O)CC2C)c1. The maximum atomic E-state index is 11.8. The Balaban J connectivity index is 1.67. The average Bonchev–Trinajstić information content (AvgIpc) is 2.65. The van der Waals surface area contributed by atoms with Crippen LogP contribution in [0.2, 0.25) is 0 Å². The van der Waals surface area contributed by atoms with E-state index in [0.717, 1.165) is 25.1 Å². The second-order valence-electron chi connectivity index (χ2n) is 8.42. The lowest BCUT2D eigenvalue weighted by molar-refractivity contribution is -0.142. The molecule has 3 rings (SSSR count). The third-order valence-electron chi connectivity index (χ3n) is 6.40. The van der Waals surface area contributed by atoms with E-state index in [4.69, 9.17) is 0 Å². The Morgan fingerprint density at radius 1 is 1.22 bits per heavy atom. The summed E-state index contributed by atoms with van der Waals surface area (Å²) in [6.07, 6.45) is 1.66. The van der Waals surface area contributed by atoms with Crippen LogP contribution >= 0.6 is 0 Å². The van der Waals surface area contributed by atoms with E-state index in [1.54, 1.807) is 0 Å². The van der Waals surface area contributed by atoms with Crippen molar-refractivity contribution in [1.29, 1.82) is 0 Å². The van der Waals surface area contributed by atoms with Crippen molar-refractivity contribution in [3.8, 4) is 0 Å². The highest BCUT2D eigenvalue weighted by molar-refractivity contribution is 5.70. The van der Waals surface area contributed by atoms with Crippen LogP contribution in [0.4, 0.5) is 0 Å². The van der Waals surface area contributed by atoms with E-state index >= 15 is 0 Å². The number of carboxylic acid groups (broad SMARTS) is 1. The van der Waals surface area contributed by atoms with Crippen molar-refractivity contribution < 1.29 is 9.90 Å². The second kappa shape index (κ2) is 8.26. The molecule has 1 saturated heterocycles. The highest BCUT2D eigenvalue weighted by Gasteiger charge is 2.38. The number of carbonyl (C=O) groups is 1. The third-order valence-corrected chi connectivity index (χ3v) is 6.40. The Hall–Kier alpha value is -2.13. The molecule has 0 amide bonds. The summed E-state index contributed by atoms with van der Waals surface area (Å²) in [4.78, 5) is 14.2. The molecule has 1 N–H and O–H groups in total. The minimum atomic E-state index is -0.696. The van der Waals surface area contributed by atoms with Gasteiger partial charge in [0, 0.05) is 13.1 Å². The van der Waals surface area contributed by atoms with Crippen molar-refractivity contribution in [3.05, 3.63) is 71.3 Å². The second-order valence-corrected chi connectivity index (χ2v) is 8.42. The van der Waals surface area contributed by atoms with Gasteiger partial charge in [-0.1, -0.05) is 74.0 Å². The number of hydrogen-bond donors (Lipinski definition) is 1. The Labute approximate surface area is 163 Å². The fraction of sp³-hybridized carbons (Fsp3) is 0.458. The molecule has 3 heteroatoms. The van der Waals surface area contributed by atoms with E-state index in [9.17, 15) is 9.90 Å². The predicted molar refractivity (Wildman–Crippen MR) is 110 cm³/mol.